The van der Waals surface area contributed by atoms with Crippen LogP contribution in [0.2, 0.25) is 5.02 Å². The number of rotatable bonds is 4. The van der Waals surface area contributed by atoms with E-state index in [1.165, 1.54) is 6.08 Å². The van der Waals surface area contributed by atoms with Gasteiger partial charge in [0.15, 0.2) is 0 Å². The molecule has 0 atom stereocenters. The second-order valence-corrected chi connectivity index (χ2v) is 6.53. The average molecular weight is 439 g/mol. The van der Waals surface area contributed by atoms with Crippen LogP contribution in [0, 0.1) is 0 Å². The second-order valence-electron chi connectivity index (χ2n) is 6.12. The number of imide groups is 2. The lowest BCUT2D eigenvalue weighted by Crippen LogP contribution is -2.54. The Morgan fingerprint density at radius 2 is 1.77 bits per heavy atom. The maximum Gasteiger partial charge on any atom is 0.416 e. The van der Waals surface area contributed by atoms with Crippen LogP contribution in [0.15, 0.2) is 48.0 Å². The van der Waals surface area contributed by atoms with Crippen molar-refractivity contribution in [2.75, 3.05) is 11.5 Å². The fourth-order valence-electron chi connectivity index (χ4n) is 2.73. The number of urea groups is 1. The zero-order chi connectivity index (χ0) is 22.1. The van der Waals surface area contributed by atoms with Crippen molar-refractivity contribution in [1.82, 2.24) is 5.32 Å². The molecule has 2 aromatic rings. The molecule has 10 heteroatoms. The Hall–Kier alpha value is -3.33. The summed E-state index contributed by atoms with van der Waals surface area (Å²) in [6, 6.07) is 7.42. The van der Waals surface area contributed by atoms with Crippen LogP contribution in [0.5, 0.6) is 5.75 Å². The fourth-order valence-corrected chi connectivity index (χ4v) is 2.93. The molecule has 0 saturated carbocycles. The van der Waals surface area contributed by atoms with Gasteiger partial charge in [-0.3, -0.25) is 14.9 Å². The maximum atomic E-state index is 13.1. The number of amides is 4. The number of nitrogens with one attached hydrogen (secondary N) is 1. The highest BCUT2D eigenvalue weighted by Crippen LogP contribution is 2.36. The second kappa shape index (κ2) is 8.19. The molecule has 0 radical (unpaired) electrons. The Bertz CT molecular complexity index is 1050. The van der Waals surface area contributed by atoms with E-state index in [2.05, 4.69) is 0 Å². The monoisotopic (exact) mass is 438 g/mol. The van der Waals surface area contributed by atoms with Crippen molar-refractivity contribution in [1.29, 1.82) is 0 Å². The molecule has 1 saturated heterocycles. The molecule has 0 spiro atoms. The Labute approximate surface area is 173 Å². The van der Waals surface area contributed by atoms with Gasteiger partial charge in [-0.25, -0.2) is 9.69 Å². The molecule has 3 rings (SSSR count). The van der Waals surface area contributed by atoms with E-state index in [4.69, 9.17) is 16.3 Å². The molecule has 1 aliphatic heterocycles. The van der Waals surface area contributed by atoms with Crippen molar-refractivity contribution in [3.8, 4) is 5.75 Å². The van der Waals surface area contributed by atoms with Crippen molar-refractivity contribution >= 4 is 41.2 Å². The minimum Gasteiger partial charge on any atom is -0.494 e. The number of ether oxygens (including phenoxy) is 1. The van der Waals surface area contributed by atoms with Crippen molar-refractivity contribution in [3.63, 3.8) is 0 Å². The molecule has 0 aromatic heterocycles. The predicted octanol–water partition coefficient (Wildman–Crippen LogP) is 4.42. The molecule has 1 N–H and O–H groups in total. The first-order valence-electron chi connectivity index (χ1n) is 8.63. The van der Waals surface area contributed by atoms with E-state index in [0.29, 0.717) is 28.9 Å². The van der Waals surface area contributed by atoms with E-state index in [0.717, 1.165) is 12.1 Å². The van der Waals surface area contributed by atoms with E-state index >= 15 is 0 Å². The summed E-state index contributed by atoms with van der Waals surface area (Å²) >= 11 is 5.94. The van der Waals surface area contributed by atoms with Gasteiger partial charge in [0.2, 0.25) is 0 Å². The third-order valence-corrected chi connectivity index (χ3v) is 4.44. The number of benzene rings is 2. The molecule has 0 unspecified atom stereocenters. The van der Waals surface area contributed by atoms with Crippen molar-refractivity contribution in [3.05, 3.63) is 64.2 Å². The van der Waals surface area contributed by atoms with Crippen molar-refractivity contribution < 1.29 is 32.3 Å². The highest BCUT2D eigenvalue weighted by atomic mass is 35.5. The molecule has 1 fully saturated rings. The first-order valence-corrected chi connectivity index (χ1v) is 9.00. The van der Waals surface area contributed by atoms with Crippen LogP contribution >= 0.6 is 11.6 Å². The quantitative estimate of drug-likeness (QED) is 0.566. The van der Waals surface area contributed by atoms with Crippen LogP contribution in [0.3, 0.4) is 0 Å². The van der Waals surface area contributed by atoms with Gasteiger partial charge in [0.05, 0.1) is 22.9 Å². The number of barbiturate groups is 1. The standard InChI is InChI=1S/C20H14ClF3N2O4/c1-2-30-13-6-3-11(4-7-13)9-14-17(27)25-19(29)26(18(14)28)16-10-12(20(22,23)24)5-8-15(16)21/h3-10H,2H2,1H3,(H,25,27,29)/b14-9+. The highest BCUT2D eigenvalue weighted by molar-refractivity contribution is 6.42. The van der Waals surface area contributed by atoms with Gasteiger partial charge in [-0.1, -0.05) is 23.7 Å². The Kier molecular flexibility index (Phi) is 5.84. The molecule has 6 nitrogen and oxygen atoms in total. The van der Waals surface area contributed by atoms with E-state index < -0.39 is 40.8 Å². The van der Waals surface area contributed by atoms with Gasteiger partial charge in [-0.2, -0.15) is 13.2 Å². The van der Waals surface area contributed by atoms with Gasteiger partial charge in [0.1, 0.15) is 11.3 Å². The lowest BCUT2D eigenvalue weighted by atomic mass is 10.1. The summed E-state index contributed by atoms with van der Waals surface area (Å²) in [6.07, 6.45) is -3.50. The normalized spacial score (nSPS) is 16.1. The van der Waals surface area contributed by atoms with Crippen LogP contribution in [0.25, 0.3) is 6.08 Å². The first kappa shape index (κ1) is 21.4. The molecule has 30 heavy (non-hydrogen) atoms. The van der Waals surface area contributed by atoms with Crippen molar-refractivity contribution in [2.45, 2.75) is 13.1 Å². The Morgan fingerprint density at radius 3 is 2.37 bits per heavy atom. The summed E-state index contributed by atoms with van der Waals surface area (Å²) in [4.78, 5) is 37.7. The van der Waals surface area contributed by atoms with Gasteiger partial charge < -0.3 is 4.74 Å². The molecule has 4 amide bonds. The number of anilines is 1. The average Bonchev–Trinajstić information content (AvgIpc) is 2.67. The fraction of sp³-hybridized carbons (Fsp3) is 0.150. The molecular weight excluding hydrogens is 425 g/mol. The van der Waals surface area contributed by atoms with E-state index in [1.54, 1.807) is 24.3 Å². The number of hydrogen-bond donors (Lipinski definition) is 1. The van der Waals surface area contributed by atoms with E-state index in [9.17, 15) is 27.6 Å². The van der Waals surface area contributed by atoms with Gasteiger partial charge in [-0.15, -0.1) is 0 Å². The van der Waals surface area contributed by atoms with Gasteiger partial charge in [0.25, 0.3) is 11.8 Å². The van der Waals surface area contributed by atoms with E-state index in [1.807, 2.05) is 12.2 Å². The SMILES string of the molecule is CCOc1ccc(/C=C2\C(=O)NC(=O)N(c3cc(C(F)(F)F)ccc3Cl)C2=O)cc1. The van der Waals surface area contributed by atoms with Crippen LogP contribution in [-0.2, 0) is 15.8 Å². The third kappa shape index (κ3) is 4.30. The largest absolute Gasteiger partial charge is 0.494 e. The van der Waals surface area contributed by atoms with Gasteiger partial charge in [-0.05, 0) is 48.9 Å². The number of carbonyl (C=O) groups is 3. The molecule has 2 aromatic carbocycles. The van der Waals surface area contributed by atoms with Crippen LogP contribution in [-0.4, -0.2) is 24.5 Å². The molecular formula is C20H14ClF3N2O4. The van der Waals surface area contributed by atoms with Crippen LogP contribution < -0.4 is 15.0 Å². The summed E-state index contributed by atoms with van der Waals surface area (Å²) in [5.41, 5.74) is -1.58. The Morgan fingerprint density at radius 1 is 1.10 bits per heavy atom. The topological polar surface area (TPSA) is 75.7 Å². The predicted molar refractivity (Wildman–Crippen MR) is 103 cm³/mol. The lowest BCUT2D eigenvalue weighted by molar-refractivity contribution is -0.137. The summed E-state index contributed by atoms with van der Waals surface area (Å²) in [7, 11) is 0. The minimum atomic E-state index is -4.72. The zero-order valence-corrected chi connectivity index (χ0v) is 16.2. The molecule has 1 aliphatic rings. The lowest BCUT2D eigenvalue weighted by Gasteiger charge is -2.27. The summed E-state index contributed by atoms with van der Waals surface area (Å²) in [5.74, 6) is -1.50. The first-order chi connectivity index (χ1) is 14.1. The maximum absolute atomic E-state index is 13.1. The number of carbonyl (C=O) groups excluding carboxylic acids is 3. The van der Waals surface area contributed by atoms with Gasteiger partial charge in [0, 0.05) is 0 Å². The summed E-state index contributed by atoms with van der Waals surface area (Å²) in [5, 5.41) is 1.68. The number of hydrogen-bond acceptors (Lipinski definition) is 4. The Balaban J connectivity index is 2.01. The number of halogens is 4. The van der Waals surface area contributed by atoms with E-state index in [-0.39, 0.29) is 5.02 Å². The molecule has 1 heterocycles. The van der Waals surface area contributed by atoms with Crippen LogP contribution in [0.1, 0.15) is 18.1 Å². The zero-order valence-electron chi connectivity index (χ0n) is 15.4. The number of alkyl halides is 3. The van der Waals surface area contributed by atoms with Crippen LogP contribution in [0.4, 0.5) is 23.7 Å². The smallest absolute Gasteiger partial charge is 0.416 e. The molecule has 0 bridgehead atoms. The minimum absolute atomic E-state index is 0.263. The van der Waals surface area contributed by atoms with Gasteiger partial charge >= 0.3 is 12.2 Å². The highest BCUT2D eigenvalue weighted by Gasteiger charge is 2.39. The van der Waals surface area contributed by atoms with Crippen molar-refractivity contribution in [2.24, 2.45) is 0 Å². The third-order valence-electron chi connectivity index (χ3n) is 4.12. The molecule has 156 valence electrons. The number of nitrogens with zero attached hydrogens (tertiary/aromatic N) is 1. The summed E-state index contributed by atoms with van der Waals surface area (Å²) in [6.45, 7) is 2.27. The summed E-state index contributed by atoms with van der Waals surface area (Å²) < 4.78 is 44.5. The molecule has 0 aliphatic carbocycles.